The molecule has 0 saturated heterocycles. The molecule has 0 aliphatic carbocycles. The Balaban J connectivity index is 2.41. The first kappa shape index (κ1) is 16.0. The first-order valence-electron chi connectivity index (χ1n) is 6.44. The first-order valence-corrected chi connectivity index (χ1v) is 7.93. The Morgan fingerprint density at radius 1 is 1.33 bits per heavy atom. The number of aryl methyl sites for hydroxylation is 2. The van der Waals surface area contributed by atoms with Crippen molar-refractivity contribution in [3.63, 3.8) is 0 Å². The molecule has 110 valence electrons. The molecule has 0 atom stereocenters. The van der Waals surface area contributed by atoms with Crippen molar-refractivity contribution in [1.82, 2.24) is 9.99 Å². The Hall–Kier alpha value is -1.41. The van der Waals surface area contributed by atoms with Crippen LogP contribution in [0.25, 0.3) is 5.69 Å². The molecule has 0 fully saturated rings. The fraction of sp³-hybridized carbons (Fsp3) is 0.200. The minimum atomic E-state index is 0.160. The molecule has 0 aliphatic rings. The molecule has 1 heterocycles. The number of nitrogens with two attached hydrogens (primary N) is 1. The monoisotopic (exact) mass is 412 g/mol. The molecule has 2 aromatic rings. The largest absolute Gasteiger partial charge is 0.375 e. The van der Waals surface area contributed by atoms with Crippen molar-refractivity contribution in [2.75, 3.05) is 0 Å². The molecule has 0 unspecified atom stereocenters. The molecule has 1 aromatic heterocycles. The molecule has 4 nitrogen and oxygen atoms in total. The van der Waals surface area contributed by atoms with E-state index in [2.05, 4.69) is 82.7 Å². The quantitative estimate of drug-likeness (QED) is 0.353. The number of hydrogen-bond donors (Lipinski definition) is 2. The number of rotatable bonds is 3. The Kier molecular flexibility index (Phi) is 5.00. The third-order valence-corrected chi connectivity index (χ3v) is 4.55. The summed E-state index contributed by atoms with van der Waals surface area (Å²) in [5.74, 6) is 0. The molecule has 0 radical (unpaired) electrons. The summed E-state index contributed by atoms with van der Waals surface area (Å²) in [4.78, 5) is 0. The van der Waals surface area contributed by atoms with E-state index in [0.717, 1.165) is 22.6 Å². The van der Waals surface area contributed by atoms with Gasteiger partial charge in [0.2, 0.25) is 0 Å². The molecule has 3 N–H and O–H groups in total. The van der Waals surface area contributed by atoms with Gasteiger partial charge in [-0.2, -0.15) is 5.10 Å². The second kappa shape index (κ2) is 6.57. The lowest BCUT2D eigenvalue weighted by atomic mass is 10.2. The molecule has 2 rings (SSSR count). The highest BCUT2D eigenvalue weighted by molar-refractivity contribution is 14.1. The number of thiocarbonyl (C=S) groups is 1. The van der Waals surface area contributed by atoms with Crippen molar-refractivity contribution < 1.29 is 0 Å². The van der Waals surface area contributed by atoms with Crippen molar-refractivity contribution in [3.8, 4) is 5.69 Å². The van der Waals surface area contributed by atoms with Gasteiger partial charge in [-0.25, -0.2) is 0 Å². The normalized spacial score (nSPS) is 11.0. The van der Waals surface area contributed by atoms with Crippen molar-refractivity contribution in [2.45, 2.75) is 20.8 Å². The highest BCUT2D eigenvalue weighted by atomic mass is 127. The Bertz CT molecular complexity index is 719. The van der Waals surface area contributed by atoms with E-state index in [-0.39, 0.29) is 5.11 Å². The van der Waals surface area contributed by atoms with Crippen LogP contribution in [0.3, 0.4) is 0 Å². The van der Waals surface area contributed by atoms with Gasteiger partial charge in [0.1, 0.15) is 0 Å². The number of benzene rings is 1. The predicted octanol–water partition coefficient (Wildman–Crippen LogP) is 3.17. The van der Waals surface area contributed by atoms with Gasteiger partial charge in [-0.1, -0.05) is 0 Å². The van der Waals surface area contributed by atoms with Crippen LogP contribution in [0, 0.1) is 24.3 Å². The Labute approximate surface area is 143 Å². The van der Waals surface area contributed by atoms with E-state index in [1.165, 1.54) is 9.13 Å². The third kappa shape index (κ3) is 3.62. The van der Waals surface area contributed by atoms with E-state index in [1.807, 2.05) is 0 Å². The molecule has 1 aromatic carbocycles. The minimum absolute atomic E-state index is 0.160. The summed E-state index contributed by atoms with van der Waals surface area (Å²) in [6, 6.07) is 8.54. The molecule has 0 spiro atoms. The summed E-state index contributed by atoms with van der Waals surface area (Å²) < 4.78 is 3.48. The second-order valence-electron chi connectivity index (χ2n) is 4.83. The zero-order valence-electron chi connectivity index (χ0n) is 12.1. The van der Waals surface area contributed by atoms with Crippen LogP contribution in [0.5, 0.6) is 0 Å². The average molecular weight is 412 g/mol. The number of hydrogen-bond acceptors (Lipinski definition) is 2. The summed E-state index contributed by atoms with van der Waals surface area (Å²) in [7, 11) is 0. The SMILES string of the molecule is Cc1cc(-n2c(C)cc(/C=N\NC(N)=S)c2C)ccc1I. The maximum Gasteiger partial charge on any atom is 0.184 e. The summed E-state index contributed by atoms with van der Waals surface area (Å²) in [6.07, 6.45) is 1.73. The van der Waals surface area contributed by atoms with Crippen LogP contribution in [0.4, 0.5) is 0 Å². The number of nitrogens with one attached hydrogen (secondary N) is 1. The molecule has 0 aliphatic heterocycles. The van der Waals surface area contributed by atoms with Crippen molar-refractivity contribution in [2.24, 2.45) is 10.8 Å². The number of hydrazone groups is 1. The van der Waals surface area contributed by atoms with Gasteiger partial charge in [0.25, 0.3) is 0 Å². The first-order chi connectivity index (χ1) is 9.90. The van der Waals surface area contributed by atoms with Crippen LogP contribution in [0.15, 0.2) is 29.4 Å². The zero-order chi connectivity index (χ0) is 15.6. The van der Waals surface area contributed by atoms with E-state index in [4.69, 9.17) is 18.0 Å². The van der Waals surface area contributed by atoms with E-state index < -0.39 is 0 Å². The van der Waals surface area contributed by atoms with Crippen molar-refractivity contribution in [3.05, 3.63) is 50.4 Å². The molecule has 6 heteroatoms. The van der Waals surface area contributed by atoms with Gasteiger partial charge in [-0.3, -0.25) is 5.43 Å². The van der Waals surface area contributed by atoms with Crippen LogP contribution in [0.2, 0.25) is 0 Å². The maximum absolute atomic E-state index is 5.35. The number of nitrogens with zero attached hydrogens (tertiary/aromatic N) is 2. The van der Waals surface area contributed by atoms with Crippen LogP contribution >= 0.6 is 34.8 Å². The molecule has 0 bridgehead atoms. The van der Waals surface area contributed by atoms with Crippen LogP contribution in [-0.4, -0.2) is 15.9 Å². The van der Waals surface area contributed by atoms with Crippen LogP contribution in [0.1, 0.15) is 22.5 Å². The van der Waals surface area contributed by atoms with Gasteiger partial charge in [0.15, 0.2) is 5.11 Å². The smallest absolute Gasteiger partial charge is 0.184 e. The summed E-state index contributed by atoms with van der Waals surface area (Å²) >= 11 is 7.07. The fourth-order valence-electron chi connectivity index (χ4n) is 2.25. The minimum Gasteiger partial charge on any atom is -0.375 e. The molecule has 0 amide bonds. The van der Waals surface area contributed by atoms with Gasteiger partial charge < -0.3 is 10.3 Å². The van der Waals surface area contributed by atoms with Crippen LogP contribution < -0.4 is 11.2 Å². The standard InChI is InChI=1S/C15H17IN4S/c1-9-6-13(4-5-14(9)16)20-10(2)7-12(11(20)3)8-18-19-15(17)21/h4-8H,1-3H3,(H3,17,19,21)/b18-8-. The van der Waals surface area contributed by atoms with Crippen molar-refractivity contribution in [1.29, 1.82) is 0 Å². The third-order valence-electron chi connectivity index (χ3n) is 3.25. The maximum atomic E-state index is 5.35. The molecular weight excluding hydrogens is 395 g/mol. The van der Waals surface area contributed by atoms with E-state index in [0.29, 0.717) is 0 Å². The van der Waals surface area contributed by atoms with E-state index in [9.17, 15) is 0 Å². The van der Waals surface area contributed by atoms with Crippen molar-refractivity contribution >= 4 is 46.1 Å². The highest BCUT2D eigenvalue weighted by Crippen LogP contribution is 2.22. The second-order valence-corrected chi connectivity index (χ2v) is 6.43. The van der Waals surface area contributed by atoms with Gasteiger partial charge in [-0.05, 0) is 85.4 Å². The summed E-state index contributed by atoms with van der Waals surface area (Å²) in [6.45, 7) is 6.27. The molecule has 0 saturated carbocycles. The lowest BCUT2D eigenvalue weighted by molar-refractivity contribution is 0.961. The molecular formula is C15H17IN4S. The van der Waals surface area contributed by atoms with E-state index in [1.54, 1.807) is 6.21 Å². The summed E-state index contributed by atoms with van der Waals surface area (Å²) in [5, 5.41) is 4.19. The average Bonchev–Trinajstić information content (AvgIpc) is 2.68. The van der Waals surface area contributed by atoms with Gasteiger partial charge in [0.05, 0.1) is 6.21 Å². The highest BCUT2D eigenvalue weighted by Gasteiger charge is 2.10. The Morgan fingerprint density at radius 2 is 2.05 bits per heavy atom. The Morgan fingerprint density at radius 3 is 2.67 bits per heavy atom. The predicted molar refractivity (Wildman–Crippen MR) is 100 cm³/mol. The van der Waals surface area contributed by atoms with Gasteiger partial charge >= 0.3 is 0 Å². The zero-order valence-corrected chi connectivity index (χ0v) is 15.1. The number of aromatic nitrogens is 1. The number of halogens is 1. The summed E-state index contributed by atoms with van der Waals surface area (Å²) in [5.41, 5.74) is 13.7. The topological polar surface area (TPSA) is 55.3 Å². The lowest BCUT2D eigenvalue weighted by Gasteiger charge is -2.11. The van der Waals surface area contributed by atoms with Gasteiger partial charge in [-0.15, -0.1) is 0 Å². The fourth-order valence-corrected chi connectivity index (χ4v) is 2.64. The molecule has 21 heavy (non-hydrogen) atoms. The van der Waals surface area contributed by atoms with Gasteiger partial charge in [0, 0.05) is 26.2 Å². The van der Waals surface area contributed by atoms with E-state index >= 15 is 0 Å². The van der Waals surface area contributed by atoms with Crippen LogP contribution in [-0.2, 0) is 0 Å². The lowest BCUT2D eigenvalue weighted by Crippen LogP contribution is -2.24.